The van der Waals surface area contributed by atoms with Gasteiger partial charge in [0.05, 0.1) is 21.6 Å². The molecule has 2 heterocycles. The number of anilines is 2. The molecule has 1 amide bonds. The number of carbonyl (C=O) groups excluding carboxylic acids is 1. The molecule has 60 heavy (non-hydrogen) atoms. The first-order valence-corrected chi connectivity index (χ1v) is 23.2. The zero-order valence-electron chi connectivity index (χ0n) is 35.1. The molecular weight excluding hydrogens is 803 g/mol. The lowest BCUT2D eigenvalue weighted by atomic mass is 9.80. The molecule has 3 aromatic rings. The first kappa shape index (κ1) is 45.9. The highest BCUT2D eigenvalue weighted by Crippen LogP contribution is 2.48. The highest BCUT2D eigenvalue weighted by molar-refractivity contribution is 7.86. The molecule has 0 aliphatic carbocycles. The number of benzene rings is 3. The Morgan fingerprint density at radius 2 is 1.57 bits per heavy atom. The summed E-state index contributed by atoms with van der Waals surface area (Å²) >= 11 is 0. The van der Waals surface area contributed by atoms with Crippen LogP contribution in [-0.2, 0) is 35.9 Å². The maximum Gasteiger partial charge on any atom is 0.335 e. The van der Waals surface area contributed by atoms with Crippen LogP contribution in [0.1, 0.15) is 100 Å². The molecule has 0 radical (unpaired) electrons. The summed E-state index contributed by atoms with van der Waals surface area (Å²) in [6.45, 7) is 13.9. The summed E-state index contributed by atoms with van der Waals surface area (Å²) in [7, 11) is -8.61. The summed E-state index contributed by atoms with van der Waals surface area (Å²) in [5, 5.41) is 12.1. The fourth-order valence-corrected chi connectivity index (χ4v) is 8.94. The Kier molecular flexibility index (Phi) is 14.3. The SMILES string of the molecule is CCCC[N+]1=C(/C=C/C(=C/C=C/C=C2/N(CCCCS(=O)(=O)O)c3ccc(S(=O)(=O)O)cc3C2(C)C)CCC(=O)Nc2ccc(C(=O)O)cc2)C(C)(C)c2cc(C)ccc21. The van der Waals surface area contributed by atoms with Gasteiger partial charge in [-0.1, -0.05) is 63.1 Å². The third-order valence-electron chi connectivity index (χ3n) is 11.2. The number of allylic oxidation sites excluding steroid dienone is 8. The average Bonchev–Trinajstić information content (AvgIpc) is 3.51. The van der Waals surface area contributed by atoms with Crippen molar-refractivity contribution in [2.45, 2.75) is 95.8 Å². The third-order valence-corrected chi connectivity index (χ3v) is 12.8. The standard InChI is InChI=1S/C46H55N3O9S2/c1-7-8-27-48-39-23-15-32(2)30-37(39)45(3,4)42(48)25-16-33(17-26-43(50)47-35-20-18-34(19-21-35)44(51)52)13-9-10-14-41-46(5,6)38-31-36(60(56,57)58)22-24-40(38)49(41)28-11-12-29-59(53,54)55/h9-10,13-16,18-25,30-31H,7-8,11-12,17,26-29H2,1-6H3,(H3-,47,50,51,52,53,54,55,56,57,58)/p+1. The zero-order valence-corrected chi connectivity index (χ0v) is 36.7. The molecule has 320 valence electrons. The lowest BCUT2D eigenvalue weighted by Gasteiger charge is -2.27. The molecular formula is C46H56N3O9S2+. The molecule has 5 rings (SSSR count). The van der Waals surface area contributed by atoms with Crippen LogP contribution >= 0.6 is 0 Å². The van der Waals surface area contributed by atoms with Crippen LogP contribution in [-0.4, -0.2) is 72.1 Å². The summed E-state index contributed by atoms with van der Waals surface area (Å²) < 4.78 is 68.5. The van der Waals surface area contributed by atoms with Gasteiger partial charge in [-0.25, -0.2) is 4.79 Å². The molecule has 0 aromatic heterocycles. The summed E-state index contributed by atoms with van der Waals surface area (Å²) in [5.41, 5.74) is 7.50. The van der Waals surface area contributed by atoms with Gasteiger partial charge in [0.25, 0.3) is 20.2 Å². The van der Waals surface area contributed by atoms with E-state index in [-0.39, 0.29) is 40.4 Å². The van der Waals surface area contributed by atoms with Crippen LogP contribution in [0.15, 0.2) is 113 Å². The van der Waals surface area contributed by atoms with Gasteiger partial charge in [-0.05, 0) is 106 Å². The summed E-state index contributed by atoms with van der Waals surface area (Å²) in [6, 6.07) is 17.0. The normalized spacial score (nSPS) is 16.9. The Morgan fingerprint density at radius 1 is 0.850 bits per heavy atom. The van der Waals surface area contributed by atoms with Crippen LogP contribution in [0.5, 0.6) is 0 Å². The lowest BCUT2D eigenvalue weighted by molar-refractivity contribution is -0.438. The van der Waals surface area contributed by atoms with Crippen LogP contribution in [0.25, 0.3) is 0 Å². The van der Waals surface area contributed by atoms with E-state index in [1.165, 1.54) is 41.1 Å². The molecule has 0 saturated heterocycles. The quantitative estimate of drug-likeness (QED) is 0.0417. The minimum absolute atomic E-state index is 0.121. The minimum Gasteiger partial charge on any atom is -0.478 e. The van der Waals surface area contributed by atoms with Gasteiger partial charge >= 0.3 is 5.97 Å². The number of rotatable bonds is 18. The maximum absolute atomic E-state index is 13.2. The van der Waals surface area contributed by atoms with Crippen LogP contribution in [0.2, 0.25) is 0 Å². The molecule has 0 atom stereocenters. The van der Waals surface area contributed by atoms with Crippen molar-refractivity contribution in [1.82, 2.24) is 0 Å². The second-order valence-corrected chi connectivity index (χ2v) is 19.4. The molecule has 0 fully saturated rings. The van der Waals surface area contributed by atoms with Gasteiger partial charge in [-0.15, -0.1) is 0 Å². The van der Waals surface area contributed by atoms with Gasteiger partial charge in [-0.3, -0.25) is 13.9 Å². The van der Waals surface area contributed by atoms with Crippen molar-refractivity contribution in [3.05, 3.63) is 131 Å². The Balaban J connectivity index is 1.49. The van der Waals surface area contributed by atoms with E-state index in [1.54, 1.807) is 18.2 Å². The number of carboxylic acid groups (broad SMARTS) is 1. The largest absolute Gasteiger partial charge is 0.478 e. The Hall–Kier alpha value is -5.15. The van der Waals surface area contributed by atoms with E-state index in [9.17, 15) is 40.6 Å². The number of aromatic carboxylic acids is 1. The smallest absolute Gasteiger partial charge is 0.335 e. The predicted octanol–water partition coefficient (Wildman–Crippen LogP) is 8.92. The average molecular weight is 859 g/mol. The number of hydrogen-bond donors (Lipinski definition) is 4. The molecule has 0 spiro atoms. The number of carbonyl (C=O) groups is 2. The van der Waals surface area contributed by atoms with E-state index < -0.39 is 31.6 Å². The number of carboxylic acids is 1. The summed E-state index contributed by atoms with van der Waals surface area (Å²) in [5.74, 6) is -1.67. The predicted molar refractivity (Wildman–Crippen MR) is 237 cm³/mol. The van der Waals surface area contributed by atoms with Crippen molar-refractivity contribution in [2.75, 3.05) is 29.1 Å². The number of aryl methyl sites for hydroxylation is 1. The molecule has 0 bridgehead atoms. The monoisotopic (exact) mass is 858 g/mol. The molecule has 4 N–H and O–H groups in total. The second-order valence-electron chi connectivity index (χ2n) is 16.4. The third kappa shape index (κ3) is 11.0. The number of nitrogens with zero attached hydrogens (tertiary/aromatic N) is 2. The van der Waals surface area contributed by atoms with Crippen molar-refractivity contribution in [3.63, 3.8) is 0 Å². The molecule has 3 aromatic carbocycles. The fraction of sp³-hybridized carbons (Fsp3) is 0.370. The molecule has 2 aliphatic heterocycles. The van der Waals surface area contributed by atoms with Crippen molar-refractivity contribution >= 4 is 54.9 Å². The van der Waals surface area contributed by atoms with Crippen molar-refractivity contribution in [2.24, 2.45) is 0 Å². The molecule has 12 nitrogen and oxygen atoms in total. The van der Waals surface area contributed by atoms with Gasteiger partial charge in [0.1, 0.15) is 6.54 Å². The van der Waals surface area contributed by atoms with Crippen molar-refractivity contribution < 1.29 is 45.2 Å². The molecule has 14 heteroatoms. The summed E-state index contributed by atoms with van der Waals surface area (Å²) in [4.78, 5) is 26.3. The number of hydrogen-bond acceptors (Lipinski definition) is 7. The Labute approximate surface area is 354 Å². The fourth-order valence-electron chi connectivity index (χ4n) is 7.87. The number of nitrogens with one attached hydrogen (secondary N) is 1. The van der Waals surface area contributed by atoms with E-state index in [0.29, 0.717) is 30.6 Å². The van der Waals surface area contributed by atoms with Crippen LogP contribution in [0.4, 0.5) is 17.1 Å². The van der Waals surface area contributed by atoms with Gasteiger partial charge in [-0.2, -0.15) is 21.4 Å². The molecule has 2 aliphatic rings. The second kappa shape index (κ2) is 18.6. The van der Waals surface area contributed by atoms with E-state index in [2.05, 4.69) is 67.9 Å². The molecule has 0 unspecified atom stereocenters. The maximum atomic E-state index is 13.2. The van der Waals surface area contributed by atoms with Crippen LogP contribution in [0.3, 0.4) is 0 Å². The first-order valence-electron chi connectivity index (χ1n) is 20.1. The van der Waals surface area contributed by atoms with Crippen LogP contribution < -0.4 is 10.2 Å². The first-order chi connectivity index (χ1) is 28.1. The highest BCUT2D eigenvalue weighted by atomic mass is 32.2. The van der Waals surface area contributed by atoms with Crippen LogP contribution in [0, 0.1) is 6.92 Å². The minimum atomic E-state index is -4.47. The molecule has 0 saturated carbocycles. The topological polar surface area (TPSA) is 181 Å². The number of fused-ring (bicyclic) bond motifs is 2. The van der Waals surface area contributed by atoms with Crippen molar-refractivity contribution in [1.29, 1.82) is 0 Å². The van der Waals surface area contributed by atoms with Gasteiger partial charge in [0.2, 0.25) is 11.6 Å². The number of unbranched alkanes of at least 4 members (excludes halogenated alkanes) is 2. The van der Waals surface area contributed by atoms with E-state index in [0.717, 1.165) is 42.1 Å². The Morgan fingerprint density at radius 3 is 2.22 bits per heavy atom. The lowest BCUT2D eigenvalue weighted by Crippen LogP contribution is -2.28. The number of amides is 1. The Bertz CT molecular complexity index is 2510. The van der Waals surface area contributed by atoms with E-state index in [1.807, 2.05) is 43.1 Å². The van der Waals surface area contributed by atoms with E-state index in [4.69, 9.17) is 0 Å². The summed E-state index contributed by atoms with van der Waals surface area (Å²) in [6.07, 6.45) is 15.0. The van der Waals surface area contributed by atoms with E-state index >= 15 is 0 Å². The van der Waals surface area contributed by atoms with Gasteiger partial charge in [0, 0.05) is 59.6 Å². The van der Waals surface area contributed by atoms with Gasteiger partial charge < -0.3 is 15.3 Å². The highest BCUT2D eigenvalue weighted by Gasteiger charge is 2.44. The van der Waals surface area contributed by atoms with Gasteiger partial charge in [0.15, 0.2) is 5.71 Å². The zero-order chi connectivity index (χ0) is 44.0. The van der Waals surface area contributed by atoms with Crippen molar-refractivity contribution in [3.8, 4) is 0 Å².